The van der Waals surface area contributed by atoms with Gasteiger partial charge in [0.25, 0.3) is 0 Å². The number of para-hydroxylation sites is 1. The van der Waals surface area contributed by atoms with Gasteiger partial charge in [-0.1, -0.05) is 30.9 Å². The lowest BCUT2D eigenvalue weighted by atomic mass is 10.1. The van der Waals surface area contributed by atoms with Crippen LogP contribution in [0.5, 0.6) is 0 Å². The molecule has 0 radical (unpaired) electrons. The summed E-state index contributed by atoms with van der Waals surface area (Å²) >= 11 is 0. The van der Waals surface area contributed by atoms with Gasteiger partial charge >= 0.3 is 0 Å². The maximum atomic E-state index is 3.79. The third kappa shape index (κ3) is 1.50. The Kier molecular flexibility index (Phi) is 2.54. The number of benzene rings is 1. The van der Waals surface area contributed by atoms with Crippen LogP contribution in [0.25, 0.3) is 6.08 Å². The highest BCUT2D eigenvalue weighted by atomic mass is 15.1. The molecule has 1 aromatic rings. The molecule has 0 aliphatic carbocycles. The first-order valence-electron chi connectivity index (χ1n) is 4.06. The van der Waals surface area contributed by atoms with Crippen LogP contribution in [0.15, 0.2) is 24.8 Å². The number of nitrogens with zero attached hydrogens (tertiary/aromatic N) is 1. The van der Waals surface area contributed by atoms with E-state index in [0.717, 1.165) is 0 Å². The molecule has 0 heterocycles. The first-order chi connectivity index (χ1) is 5.66. The van der Waals surface area contributed by atoms with E-state index in [0.29, 0.717) is 0 Å². The summed E-state index contributed by atoms with van der Waals surface area (Å²) in [7, 11) is 4.10. The first kappa shape index (κ1) is 8.85. The lowest BCUT2D eigenvalue weighted by Crippen LogP contribution is -2.11. The maximum absolute atomic E-state index is 3.79. The number of anilines is 1. The zero-order valence-corrected chi connectivity index (χ0v) is 7.96. The molecule has 0 N–H and O–H groups in total. The number of rotatable bonds is 2. The molecular formula is C11H15N. The summed E-state index contributed by atoms with van der Waals surface area (Å²) in [6, 6.07) is 6.25. The molecule has 1 aromatic carbocycles. The van der Waals surface area contributed by atoms with Gasteiger partial charge in [0.15, 0.2) is 0 Å². The van der Waals surface area contributed by atoms with E-state index in [1.54, 1.807) is 0 Å². The molecule has 1 nitrogen and oxygen atoms in total. The van der Waals surface area contributed by atoms with Crippen LogP contribution >= 0.6 is 0 Å². The number of hydrogen-bond donors (Lipinski definition) is 0. The van der Waals surface area contributed by atoms with Crippen molar-refractivity contribution in [1.29, 1.82) is 0 Å². The van der Waals surface area contributed by atoms with Crippen LogP contribution in [0, 0.1) is 6.92 Å². The molecule has 0 atom stereocenters. The van der Waals surface area contributed by atoms with E-state index in [2.05, 4.69) is 50.7 Å². The molecule has 12 heavy (non-hydrogen) atoms. The van der Waals surface area contributed by atoms with Gasteiger partial charge in [0.1, 0.15) is 0 Å². The van der Waals surface area contributed by atoms with E-state index in [4.69, 9.17) is 0 Å². The predicted octanol–water partition coefficient (Wildman–Crippen LogP) is 2.70. The quantitative estimate of drug-likeness (QED) is 0.644. The normalized spacial score (nSPS) is 9.58. The smallest absolute Gasteiger partial charge is 0.0464 e. The van der Waals surface area contributed by atoms with Gasteiger partial charge in [-0.15, -0.1) is 0 Å². The summed E-state index contributed by atoms with van der Waals surface area (Å²) in [5.41, 5.74) is 3.74. The maximum Gasteiger partial charge on any atom is 0.0464 e. The molecule has 1 rings (SSSR count). The van der Waals surface area contributed by atoms with Gasteiger partial charge in [0, 0.05) is 19.8 Å². The highest BCUT2D eigenvalue weighted by Crippen LogP contribution is 2.23. The van der Waals surface area contributed by atoms with Gasteiger partial charge < -0.3 is 4.90 Å². The van der Waals surface area contributed by atoms with E-state index in [9.17, 15) is 0 Å². The largest absolute Gasteiger partial charge is 0.377 e. The fourth-order valence-electron chi connectivity index (χ4n) is 1.46. The highest BCUT2D eigenvalue weighted by Gasteiger charge is 2.03. The lowest BCUT2D eigenvalue weighted by Gasteiger charge is -2.18. The van der Waals surface area contributed by atoms with Crippen LogP contribution in [0.3, 0.4) is 0 Å². The molecule has 0 aliphatic rings. The van der Waals surface area contributed by atoms with Crippen molar-refractivity contribution in [3.63, 3.8) is 0 Å². The number of hydrogen-bond acceptors (Lipinski definition) is 1. The van der Waals surface area contributed by atoms with Crippen molar-refractivity contribution in [3.05, 3.63) is 35.9 Å². The summed E-state index contributed by atoms with van der Waals surface area (Å²) in [6.07, 6.45) is 1.89. The number of aryl methyl sites for hydroxylation is 1. The summed E-state index contributed by atoms with van der Waals surface area (Å²) in [5.74, 6) is 0. The Labute approximate surface area is 74.3 Å². The second-order valence-corrected chi connectivity index (χ2v) is 3.11. The van der Waals surface area contributed by atoms with E-state index in [1.807, 2.05) is 6.08 Å². The molecular weight excluding hydrogens is 146 g/mol. The first-order valence-corrected chi connectivity index (χ1v) is 4.06. The van der Waals surface area contributed by atoms with E-state index < -0.39 is 0 Å². The van der Waals surface area contributed by atoms with E-state index in [-0.39, 0.29) is 0 Å². The average Bonchev–Trinajstić information content (AvgIpc) is 2.03. The van der Waals surface area contributed by atoms with Crippen LogP contribution in [0.4, 0.5) is 5.69 Å². The fraction of sp³-hybridized carbons (Fsp3) is 0.273. The van der Waals surface area contributed by atoms with Gasteiger partial charge in [-0.3, -0.25) is 0 Å². The minimum Gasteiger partial charge on any atom is -0.377 e. The fourth-order valence-corrected chi connectivity index (χ4v) is 1.46. The highest BCUT2D eigenvalue weighted by molar-refractivity contribution is 5.69. The molecule has 0 saturated heterocycles. The second kappa shape index (κ2) is 3.44. The second-order valence-electron chi connectivity index (χ2n) is 3.11. The van der Waals surface area contributed by atoms with Crippen LogP contribution in [0.1, 0.15) is 11.1 Å². The Bertz CT molecular complexity index is 287. The molecule has 0 amide bonds. The molecule has 0 unspecified atom stereocenters. The topological polar surface area (TPSA) is 3.24 Å². The van der Waals surface area contributed by atoms with Crippen molar-refractivity contribution in [2.75, 3.05) is 19.0 Å². The minimum absolute atomic E-state index is 1.19. The van der Waals surface area contributed by atoms with Crippen molar-refractivity contribution in [2.24, 2.45) is 0 Å². The molecule has 0 fully saturated rings. The van der Waals surface area contributed by atoms with Crippen molar-refractivity contribution >= 4 is 11.8 Å². The predicted molar refractivity (Wildman–Crippen MR) is 55.6 cm³/mol. The summed E-state index contributed by atoms with van der Waals surface area (Å²) in [5, 5.41) is 0. The molecule has 0 aromatic heterocycles. The van der Waals surface area contributed by atoms with Gasteiger partial charge in [0.2, 0.25) is 0 Å². The minimum atomic E-state index is 1.19. The monoisotopic (exact) mass is 161 g/mol. The van der Waals surface area contributed by atoms with Crippen molar-refractivity contribution < 1.29 is 0 Å². The third-order valence-electron chi connectivity index (χ3n) is 1.94. The van der Waals surface area contributed by atoms with Gasteiger partial charge in [-0.05, 0) is 18.1 Å². The van der Waals surface area contributed by atoms with Crippen LogP contribution in [0.2, 0.25) is 0 Å². The van der Waals surface area contributed by atoms with Crippen molar-refractivity contribution in [1.82, 2.24) is 0 Å². The molecule has 0 spiro atoms. The van der Waals surface area contributed by atoms with Gasteiger partial charge in [0.05, 0.1) is 0 Å². The molecule has 64 valence electrons. The Morgan fingerprint density at radius 1 is 1.33 bits per heavy atom. The Balaban J connectivity index is 3.29. The Hall–Kier alpha value is -1.24. The zero-order valence-electron chi connectivity index (χ0n) is 7.96. The van der Waals surface area contributed by atoms with Crippen LogP contribution < -0.4 is 4.90 Å². The van der Waals surface area contributed by atoms with Crippen molar-refractivity contribution in [3.8, 4) is 0 Å². The van der Waals surface area contributed by atoms with Crippen LogP contribution in [-0.4, -0.2) is 14.1 Å². The van der Waals surface area contributed by atoms with Gasteiger partial charge in [-0.2, -0.15) is 0 Å². The molecule has 0 aliphatic heterocycles. The van der Waals surface area contributed by atoms with Crippen LogP contribution in [-0.2, 0) is 0 Å². The van der Waals surface area contributed by atoms with Crippen molar-refractivity contribution in [2.45, 2.75) is 6.92 Å². The summed E-state index contributed by atoms with van der Waals surface area (Å²) in [4.78, 5) is 2.12. The summed E-state index contributed by atoms with van der Waals surface area (Å²) < 4.78 is 0. The molecule has 0 bridgehead atoms. The van der Waals surface area contributed by atoms with E-state index in [1.165, 1.54) is 16.8 Å². The SMILES string of the molecule is C=Cc1cccc(C)c1N(C)C. The summed E-state index contributed by atoms with van der Waals surface area (Å²) in [6.45, 7) is 5.90. The molecule has 0 saturated carbocycles. The third-order valence-corrected chi connectivity index (χ3v) is 1.94. The lowest BCUT2D eigenvalue weighted by molar-refractivity contribution is 1.11. The van der Waals surface area contributed by atoms with E-state index >= 15 is 0 Å². The van der Waals surface area contributed by atoms with Gasteiger partial charge in [-0.25, -0.2) is 0 Å². The molecule has 1 heteroatoms. The standard InChI is InChI=1S/C11H15N/c1-5-10-8-6-7-9(2)11(10)12(3)4/h5-8H,1H2,2-4H3. The Morgan fingerprint density at radius 2 is 2.00 bits per heavy atom. The zero-order chi connectivity index (χ0) is 9.14. The average molecular weight is 161 g/mol. The Morgan fingerprint density at radius 3 is 2.42 bits per heavy atom.